The Morgan fingerprint density at radius 2 is 1.88 bits per heavy atom. The number of para-hydroxylation sites is 1. The Hall–Kier alpha value is -2.63. The van der Waals surface area contributed by atoms with Gasteiger partial charge in [-0.25, -0.2) is 0 Å². The molecule has 24 heavy (non-hydrogen) atoms. The van der Waals surface area contributed by atoms with Crippen LogP contribution in [0.15, 0.2) is 54.7 Å². The minimum atomic E-state index is -0.720. The molecule has 1 aromatic heterocycles. The van der Waals surface area contributed by atoms with Gasteiger partial charge in [0.05, 0.1) is 11.4 Å². The molecule has 2 aromatic carbocycles. The van der Waals surface area contributed by atoms with Gasteiger partial charge in [-0.15, -0.1) is 0 Å². The number of aromatic amines is 1. The first-order chi connectivity index (χ1) is 11.6. The van der Waals surface area contributed by atoms with Crippen LogP contribution in [0.5, 0.6) is 0 Å². The van der Waals surface area contributed by atoms with Gasteiger partial charge in [0.25, 0.3) is 0 Å². The van der Waals surface area contributed by atoms with E-state index in [1.807, 2.05) is 54.7 Å². The summed E-state index contributed by atoms with van der Waals surface area (Å²) in [7, 11) is 0. The molecule has 1 heterocycles. The van der Waals surface area contributed by atoms with Crippen LogP contribution in [0.3, 0.4) is 0 Å². The Labute approximate surface area is 140 Å². The van der Waals surface area contributed by atoms with E-state index in [-0.39, 0.29) is 18.4 Å². The molecule has 0 aliphatic rings. The second kappa shape index (κ2) is 6.86. The van der Waals surface area contributed by atoms with Crippen molar-refractivity contribution in [2.24, 2.45) is 17.4 Å². The molecule has 0 saturated heterocycles. The highest BCUT2D eigenvalue weighted by Crippen LogP contribution is 2.28. The molecule has 3 aromatic rings. The number of carbonyl (C=O) groups excluding carboxylic acids is 1. The third kappa shape index (κ3) is 3.18. The number of nitrogens with one attached hydrogen (secondary N) is 1. The van der Waals surface area contributed by atoms with Crippen molar-refractivity contribution in [1.82, 2.24) is 4.98 Å². The van der Waals surface area contributed by atoms with Crippen molar-refractivity contribution < 1.29 is 9.90 Å². The number of aromatic nitrogens is 1. The Morgan fingerprint density at radius 3 is 2.54 bits per heavy atom. The molecule has 5 nitrogen and oxygen atoms in total. The highest BCUT2D eigenvalue weighted by atomic mass is 16.3. The molecule has 1 amide bonds. The van der Waals surface area contributed by atoms with E-state index in [0.717, 1.165) is 27.6 Å². The Kier molecular flexibility index (Phi) is 4.64. The number of H-pyrrole nitrogens is 1. The molecule has 1 unspecified atom stereocenters. The van der Waals surface area contributed by atoms with Gasteiger partial charge < -0.3 is 21.6 Å². The minimum absolute atomic E-state index is 0.231. The van der Waals surface area contributed by atoms with E-state index in [1.165, 1.54) is 0 Å². The quantitative estimate of drug-likeness (QED) is 0.556. The van der Waals surface area contributed by atoms with Crippen molar-refractivity contribution in [1.29, 1.82) is 0 Å². The molecule has 5 heteroatoms. The maximum atomic E-state index is 11.3. The van der Waals surface area contributed by atoms with Crippen LogP contribution in [-0.2, 0) is 11.2 Å². The van der Waals surface area contributed by atoms with E-state index in [4.69, 9.17) is 11.5 Å². The molecule has 2 atom stereocenters. The summed E-state index contributed by atoms with van der Waals surface area (Å²) >= 11 is 0. The summed E-state index contributed by atoms with van der Waals surface area (Å²) in [6, 6.07) is 15.4. The van der Waals surface area contributed by atoms with E-state index in [2.05, 4.69) is 4.98 Å². The molecule has 6 N–H and O–H groups in total. The van der Waals surface area contributed by atoms with E-state index < -0.39 is 6.10 Å². The van der Waals surface area contributed by atoms with Crippen LogP contribution in [0.2, 0.25) is 0 Å². The first-order valence-corrected chi connectivity index (χ1v) is 7.92. The number of nitrogens with two attached hydrogens (primary N) is 2. The molecule has 0 aliphatic carbocycles. The molecular formula is C19H21N3O2. The van der Waals surface area contributed by atoms with Crippen LogP contribution < -0.4 is 11.5 Å². The summed E-state index contributed by atoms with van der Waals surface area (Å²) in [5.74, 6) is -0.756. The lowest BCUT2D eigenvalue weighted by Gasteiger charge is -2.15. The molecule has 0 spiro atoms. The van der Waals surface area contributed by atoms with Crippen molar-refractivity contribution in [2.45, 2.75) is 12.5 Å². The number of amides is 1. The summed E-state index contributed by atoms with van der Waals surface area (Å²) in [6.07, 6.45) is 1.65. The fraction of sp³-hybridized carbons (Fsp3) is 0.211. The van der Waals surface area contributed by atoms with Crippen LogP contribution in [0, 0.1) is 5.92 Å². The monoisotopic (exact) mass is 323 g/mol. The summed E-state index contributed by atoms with van der Waals surface area (Å²) in [5, 5.41) is 11.8. The predicted molar refractivity (Wildman–Crippen MR) is 94.2 cm³/mol. The molecule has 124 valence electrons. The lowest BCUT2D eigenvalue weighted by Crippen LogP contribution is -2.31. The number of primary amides is 1. The topological polar surface area (TPSA) is 105 Å². The Morgan fingerprint density at radius 1 is 1.12 bits per heavy atom. The molecular weight excluding hydrogens is 302 g/mol. The van der Waals surface area contributed by atoms with Gasteiger partial charge in [0.2, 0.25) is 5.91 Å². The van der Waals surface area contributed by atoms with E-state index in [9.17, 15) is 9.90 Å². The average Bonchev–Trinajstić information content (AvgIpc) is 3.08. The van der Waals surface area contributed by atoms with Crippen molar-refractivity contribution in [3.05, 3.63) is 71.4 Å². The van der Waals surface area contributed by atoms with Gasteiger partial charge in [0, 0.05) is 18.3 Å². The van der Waals surface area contributed by atoms with Gasteiger partial charge >= 0.3 is 0 Å². The second-order valence-electron chi connectivity index (χ2n) is 5.97. The number of aliphatic hydroxyl groups excluding tert-OH is 1. The number of benzene rings is 2. The number of fused-ring (bicyclic) bond motifs is 1. The number of carbonyl (C=O) groups is 1. The van der Waals surface area contributed by atoms with Crippen molar-refractivity contribution in [2.75, 3.05) is 6.54 Å². The first kappa shape index (κ1) is 16.2. The molecule has 0 fully saturated rings. The largest absolute Gasteiger partial charge is 0.384 e. The van der Waals surface area contributed by atoms with Gasteiger partial charge in [0.15, 0.2) is 0 Å². The zero-order chi connectivity index (χ0) is 17.1. The maximum absolute atomic E-state index is 11.3. The summed E-state index contributed by atoms with van der Waals surface area (Å²) in [5.41, 5.74) is 14.4. The molecule has 0 bridgehead atoms. The van der Waals surface area contributed by atoms with Crippen molar-refractivity contribution >= 4 is 16.8 Å². The highest BCUT2D eigenvalue weighted by Gasteiger charge is 2.16. The molecule has 0 saturated carbocycles. The number of hydrogen-bond donors (Lipinski definition) is 4. The van der Waals surface area contributed by atoms with Gasteiger partial charge in [-0.2, -0.15) is 0 Å². The maximum Gasteiger partial charge on any atom is 0.222 e. The third-order valence-electron chi connectivity index (χ3n) is 4.38. The van der Waals surface area contributed by atoms with Gasteiger partial charge in [-0.05, 0) is 29.0 Å². The predicted octanol–water partition coefficient (Wildman–Crippen LogP) is 1.85. The third-order valence-corrected chi connectivity index (χ3v) is 4.38. The van der Waals surface area contributed by atoms with Crippen LogP contribution in [0.25, 0.3) is 10.9 Å². The Balaban J connectivity index is 1.82. The van der Waals surface area contributed by atoms with E-state index >= 15 is 0 Å². The molecule has 0 radical (unpaired) electrons. The SMILES string of the molecule is NC[C@H](Cc1ccc(C(O)c2cccc3cc[nH]c23)cc1)C(N)=O. The van der Waals surface area contributed by atoms with Crippen LogP contribution in [0.4, 0.5) is 0 Å². The lowest BCUT2D eigenvalue weighted by molar-refractivity contribution is -0.121. The summed E-state index contributed by atoms with van der Waals surface area (Å²) in [6.45, 7) is 0.231. The lowest BCUT2D eigenvalue weighted by atomic mass is 9.95. The number of rotatable bonds is 6. The smallest absolute Gasteiger partial charge is 0.222 e. The summed E-state index contributed by atoms with van der Waals surface area (Å²) < 4.78 is 0. The zero-order valence-electron chi connectivity index (χ0n) is 13.3. The van der Waals surface area contributed by atoms with Crippen molar-refractivity contribution in [3.8, 4) is 0 Å². The van der Waals surface area contributed by atoms with Crippen LogP contribution >= 0.6 is 0 Å². The highest BCUT2D eigenvalue weighted by molar-refractivity contribution is 5.83. The van der Waals surface area contributed by atoms with Gasteiger partial charge in [0.1, 0.15) is 6.10 Å². The molecule has 3 rings (SSSR count). The number of hydrogen-bond acceptors (Lipinski definition) is 3. The van der Waals surface area contributed by atoms with E-state index in [1.54, 1.807) is 0 Å². The first-order valence-electron chi connectivity index (χ1n) is 7.92. The fourth-order valence-corrected chi connectivity index (χ4v) is 2.94. The van der Waals surface area contributed by atoms with Gasteiger partial charge in [-0.3, -0.25) is 4.79 Å². The minimum Gasteiger partial charge on any atom is -0.384 e. The number of aliphatic hydroxyl groups is 1. The average molecular weight is 323 g/mol. The fourth-order valence-electron chi connectivity index (χ4n) is 2.94. The second-order valence-corrected chi connectivity index (χ2v) is 5.97. The summed E-state index contributed by atoms with van der Waals surface area (Å²) in [4.78, 5) is 14.5. The van der Waals surface area contributed by atoms with Crippen LogP contribution in [-0.4, -0.2) is 22.5 Å². The van der Waals surface area contributed by atoms with Crippen molar-refractivity contribution in [3.63, 3.8) is 0 Å². The van der Waals surface area contributed by atoms with Gasteiger partial charge in [-0.1, -0.05) is 42.5 Å². The van der Waals surface area contributed by atoms with E-state index in [0.29, 0.717) is 6.42 Å². The van der Waals surface area contributed by atoms with Crippen LogP contribution in [0.1, 0.15) is 22.8 Å². The normalized spacial score (nSPS) is 13.8. The Bertz CT molecular complexity index is 839. The zero-order valence-corrected chi connectivity index (χ0v) is 13.3. The molecule has 0 aliphatic heterocycles. The standard InChI is InChI=1S/C19H21N3O2/c20-11-15(19(21)24)10-12-4-6-14(7-5-12)18(23)16-3-1-2-13-8-9-22-17(13)16/h1-9,15,18,22-23H,10-11,20H2,(H2,21,24)/t15-,18?/m0/s1.